The van der Waals surface area contributed by atoms with E-state index in [9.17, 15) is 4.79 Å². The molecular weight excluding hydrogens is 288 g/mol. The number of nitrogens with one attached hydrogen (secondary N) is 2. The van der Waals surface area contributed by atoms with Crippen LogP contribution in [0.3, 0.4) is 0 Å². The van der Waals surface area contributed by atoms with E-state index in [4.69, 9.17) is 4.74 Å². The molecule has 2 aliphatic rings. The molecule has 0 unspecified atom stereocenters. The van der Waals surface area contributed by atoms with Crippen molar-refractivity contribution in [2.75, 3.05) is 17.2 Å². The lowest BCUT2D eigenvalue weighted by molar-refractivity contribution is -0.151. The highest BCUT2D eigenvalue weighted by Gasteiger charge is 2.47. The van der Waals surface area contributed by atoms with Crippen molar-refractivity contribution in [3.05, 3.63) is 36.4 Å². The summed E-state index contributed by atoms with van der Waals surface area (Å²) in [6.07, 6.45) is 3.95. The molecule has 2 aromatic rings. The number of carbonyl (C=O) groups excluding carboxylic acids is 1. The van der Waals surface area contributed by atoms with E-state index in [-0.39, 0.29) is 11.9 Å². The van der Waals surface area contributed by atoms with Crippen molar-refractivity contribution in [1.82, 2.24) is 0 Å². The van der Waals surface area contributed by atoms with Crippen LogP contribution >= 0.6 is 0 Å². The van der Waals surface area contributed by atoms with E-state index in [2.05, 4.69) is 47.0 Å². The predicted octanol–water partition coefficient (Wildman–Crippen LogP) is 4.13. The Morgan fingerprint density at radius 2 is 1.87 bits per heavy atom. The number of anilines is 2. The molecule has 1 saturated carbocycles. The molecule has 1 aliphatic carbocycles. The number of esters is 1. The second-order valence-corrected chi connectivity index (χ2v) is 6.48. The monoisotopic (exact) mass is 310 g/mol. The molecule has 0 amide bonds. The van der Waals surface area contributed by atoms with Gasteiger partial charge in [0.15, 0.2) is 0 Å². The molecule has 0 bridgehead atoms. The summed E-state index contributed by atoms with van der Waals surface area (Å²) in [6, 6.07) is 12.6. The first kappa shape index (κ1) is 14.4. The number of hydrogen-bond donors (Lipinski definition) is 2. The third kappa shape index (κ3) is 2.24. The maximum absolute atomic E-state index is 12.5. The summed E-state index contributed by atoms with van der Waals surface area (Å²) in [7, 11) is 0. The first-order valence-corrected chi connectivity index (χ1v) is 8.48. The minimum Gasteiger partial charge on any atom is -0.466 e. The molecule has 4 heteroatoms. The normalized spacial score (nSPS) is 21.5. The molecule has 1 spiro atoms. The van der Waals surface area contributed by atoms with Crippen LogP contribution in [0.4, 0.5) is 11.4 Å². The van der Waals surface area contributed by atoms with Crippen molar-refractivity contribution in [1.29, 1.82) is 0 Å². The largest absolute Gasteiger partial charge is 0.466 e. The van der Waals surface area contributed by atoms with Crippen LogP contribution in [-0.2, 0) is 9.53 Å². The topological polar surface area (TPSA) is 50.4 Å². The summed E-state index contributed by atoms with van der Waals surface area (Å²) < 4.78 is 5.35. The van der Waals surface area contributed by atoms with E-state index in [1.807, 2.05) is 6.92 Å². The van der Waals surface area contributed by atoms with Gasteiger partial charge in [0.2, 0.25) is 0 Å². The van der Waals surface area contributed by atoms with Gasteiger partial charge in [-0.25, -0.2) is 0 Å². The predicted molar refractivity (Wildman–Crippen MR) is 92.5 cm³/mol. The molecule has 120 valence electrons. The molecule has 4 rings (SSSR count). The van der Waals surface area contributed by atoms with Gasteiger partial charge in [-0.1, -0.05) is 30.7 Å². The van der Waals surface area contributed by atoms with Crippen molar-refractivity contribution in [2.24, 2.45) is 5.92 Å². The Hall–Kier alpha value is -2.23. The van der Waals surface area contributed by atoms with Crippen molar-refractivity contribution in [2.45, 2.75) is 38.3 Å². The first-order chi connectivity index (χ1) is 11.2. The minimum absolute atomic E-state index is 0.0984. The Morgan fingerprint density at radius 3 is 2.52 bits per heavy atom. The summed E-state index contributed by atoms with van der Waals surface area (Å²) in [6.45, 7) is 2.29. The zero-order valence-corrected chi connectivity index (χ0v) is 13.4. The molecule has 1 heterocycles. The maximum Gasteiger partial charge on any atom is 0.313 e. The molecule has 1 fully saturated rings. The number of ether oxygens (including phenoxy) is 1. The number of benzene rings is 2. The number of hydrogen-bond acceptors (Lipinski definition) is 4. The van der Waals surface area contributed by atoms with Gasteiger partial charge in [-0.05, 0) is 43.7 Å². The molecule has 23 heavy (non-hydrogen) atoms. The lowest BCUT2D eigenvalue weighted by Gasteiger charge is -2.47. The molecule has 2 aromatic carbocycles. The third-order valence-corrected chi connectivity index (χ3v) is 5.10. The Kier molecular flexibility index (Phi) is 3.40. The van der Waals surface area contributed by atoms with E-state index < -0.39 is 5.66 Å². The molecule has 0 aromatic heterocycles. The summed E-state index contributed by atoms with van der Waals surface area (Å²) in [5.74, 6) is -0.265. The van der Waals surface area contributed by atoms with Crippen molar-refractivity contribution in [3.63, 3.8) is 0 Å². The highest BCUT2D eigenvalue weighted by atomic mass is 16.5. The SMILES string of the molecule is CCOC(=O)[C@@H]1CCCCC12Nc1cccc3cccc(c13)N2. The average molecular weight is 310 g/mol. The van der Waals surface area contributed by atoms with Gasteiger partial charge in [0.1, 0.15) is 5.66 Å². The summed E-state index contributed by atoms with van der Waals surface area (Å²) >= 11 is 0. The molecule has 2 N–H and O–H groups in total. The Labute approximate surface area is 136 Å². The van der Waals surface area contributed by atoms with Gasteiger partial charge in [-0.3, -0.25) is 4.79 Å². The van der Waals surface area contributed by atoms with Crippen molar-refractivity contribution in [3.8, 4) is 0 Å². The van der Waals surface area contributed by atoms with Gasteiger partial charge < -0.3 is 15.4 Å². The van der Waals surface area contributed by atoms with Crippen LogP contribution in [0.1, 0.15) is 32.6 Å². The second kappa shape index (κ2) is 5.44. The Morgan fingerprint density at radius 1 is 1.17 bits per heavy atom. The van der Waals surface area contributed by atoms with E-state index in [1.165, 1.54) is 10.8 Å². The molecule has 0 saturated heterocycles. The highest BCUT2D eigenvalue weighted by molar-refractivity contribution is 6.05. The van der Waals surface area contributed by atoms with Crippen LogP contribution in [0.15, 0.2) is 36.4 Å². The first-order valence-electron chi connectivity index (χ1n) is 8.48. The van der Waals surface area contributed by atoms with E-state index >= 15 is 0 Å². The minimum atomic E-state index is -0.437. The fourth-order valence-corrected chi connectivity index (χ4v) is 4.10. The van der Waals surface area contributed by atoms with Crippen LogP contribution in [0.2, 0.25) is 0 Å². The van der Waals surface area contributed by atoms with Gasteiger partial charge in [0, 0.05) is 16.8 Å². The fraction of sp³-hybridized carbons (Fsp3) is 0.421. The zero-order valence-electron chi connectivity index (χ0n) is 13.4. The molecule has 4 nitrogen and oxygen atoms in total. The van der Waals surface area contributed by atoms with E-state index in [0.29, 0.717) is 6.61 Å². The molecule has 0 radical (unpaired) electrons. The summed E-state index contributed by atoms with van der Waals surface area (Å²) in [5, 5.41) is 9.72. The maximum atomic E-state index is 12.5. The molecule has 1 aliphatic heterocycles. The van der Waals surface area contributed by atoms with Gasteiger partial charge >= 0.3 is 5.97 Å². The van der Waals surface area contributed by atoms with Crippen molar-refractivity contribution < 1.29 is 9.53 Å². The van der Waals surface area contributed by atoms with Gasteiger partial charge in [-0.15, -0.1) is 0 Å². The van der Waals surface area contributed by atoms with Gasteiger partial charge in [0.05, 0.1) is 12.5 Å². The van der Waals surface area contributed by atoms with Crippen LogP contribution in [0.5, 0.6) is 0 Å². The summed E-state index contributed by atoms with van der Waals surface area (Å²) in [5.41, 5.74) is 1.77. The van der Waals surface area contributed by atoms with Crippen LogP contribution < -0.4 is 10.6 Å². The fourth-order valence-electron chi connectivity index (χ4n) is 4.10. The van der Waals surface area contributed by atoms with E-state index in [0.717, 1.165) is 37.1 Å². The zero-order chi connectivity index (χ0) is 15.9. The second-order valence-electron chi connectivity index (χ2n) is 6.48. The molecular formula is C19H22N2O2. The summed E-state index contributed by atoms with van der Waals surface area (Å²) in [4.78, 5) is 12.5. The quantitative estimate of drug-likeness (QED) is 0.819. The van der Waals surface area contributed by atoms with E-state index in [1.54, 1.807) is 0 Å². The third-order valence-electron chi connectivity index (χ3n) is 5.10. The number of rotatable bonds is 2. The highest BCUT2D eigenvalue weighted by Crippen LogP contribution is 2.45. The van der Waals surface area contributed by atoms with Gasteiger partial charge in [0.25, 0.3) is 0 Å². The smallest absolute Gasteiger partial charge is 0.313 e. The standard InChI is InChI=1S/C19H22N2O2/c1-2-23-18(22)14-9-3-4-12-19(14)20-15-10-5-7-13-8-6-11-16(21-19)17(13)15/h5-8,10-11,14,20-21H,2-4,9,12H2,1H3/t14-/m0/s1. The number of carbonyl (C=O) groups is 1. The van der Waals surface area contributed by atoms with Crippen LogP contribution in [0, 0.1) is 5.92 Å². The Balaban J connectivity index is 1.79. The van der Waals surface area contributed by atoms with Crippen molar-refractivity contribution >= 4 is 28.1 Å². The lowest BCUT2D eigenvalue weighted by atomic mass is 9.77. The lowest BCUT2D eigenvalue weighted by Crippen LogP contribution is -2.58. The Bertz CT molecular complexity index is 715. The van der Waals surface area contributed by atoms with Gasteiger partial charge in [-0.2, -0.15) is 0 Å². The average Bonchev–Trinajstić information content (AvgIpc) is 2.56. The molecule has 1 atom stereocenters. The van der Waals surface area contributed by atoms with Crippen LogP contribution in [-0.4, -0.2) is 18.2 Å². The van der Waals surface area contributed by atoms with Crippen LogP contribution in [0.25, 0.3) is 10.8 Å².